The van der Waals surface area contributed by atoms with Crippen LogP contribution in [0.2, 0.25) is 0 Å². The fourth-order valence-electron chi connectivity index (χ4n) is 2.59. The van der Waals surface area contributed by atoms with Crippen LogP contribution in [0.4, 0.5) is 0 Å². The second kappa shape index (κ2) is 4.63. The summed E-state index contributed by atoms with van der Waals surface area (Å²) in [7, 11) is 2.23. The molecule has 0 aliphatic heterocycles. The molecule has 0 radical (unpaired) electrons. The van der Waals surface area contributed by atoms with Crippen molar-refractivity contribution in [3.05, 3.63) is 0 Å². The standard InChI is InChI=1S/C12H26N2/c1-12(2,3)9-14(4)8-10-5-6-11(13)7-10/h10-11H,5-9,13H2,1-4H3. The van der Waals surface area contributed by atoms with Crippen LogP contribution in [0.25, 0.3) is 0 Å². The van der Waals surface area contributed by atoms with E-state index >= 15 is 0 Å². The van der Waals surface area contributed by atoms with Gasteiger partial charge in [-0.25, -0.2) is 0 Å². The highest BCUT2D eigenvalue weighted by Crippen LogP contribution is 2.25. The molecule has 1 rings (SSSR count). The van der Waals surface area contributed by atoms with Gasteiger partial charge in [0.2, 0.25) is 0 Å². The second-order valence-electron chi connectivity index (χ2n) is 6.20. The number of hydrogen-bond donors (Lipinski definition) is 1. The molecule has 0 saturated heterocycles. The molecule has 2 N–H and O–H groups in total. The van der Waals surface area contributed by atoms with E-state index in [4.69, 9.17) is 5.73 Å². The summed E-state index contributed by atoms with van der Waals surface area (Å²) < 4.78 is 0. The quantitative estimate of drug-likeness (QED) is 0.752. The summed E-state index contributed by atoms with van der Waals surface area (Å²) in [5.41, 5.74) is 6.32. The summed E-state index contributed by atoms with van der Waals surface area (Å²) >= 11 is 0. The van der Waals surface area contributed by atoms with Gasteiger partial charge in [0.25, 0.3) is 0 Å². The van der Waals surface area contributed by atoms with Gasteiger partial charge in [-0.15, -0.1) is 0 Å². The molecular weight excluding hydrogens is 172 g/mol. The lowest BCUT2D eigenvalue weighted by atomic mass is 9.95. The van der Waals surface area contributed by atoms with Gasteiger partial charge in [-0.1, -0.05) is 20.8 Å². The molecule has 1 saturated carbocycles. The molecule has 0 aromatic rings. The smallest absolute Gasteiger partial charge is 0.00420 e. The number of nitrogens with zero attached hydrogens (tertiary/aromatic N) is 1. The van der Waals surface area contributed by atoms with Crippen molar-refractivity contribution >= 4 is 0 Å². The molecule has 2 unspecified atom stereocenters. The van der Waals surface area contributed by atoms with Gasteiger partial charge in [0.05, 0.1) is 0 Å². The van der Waals surface area contributed by atoms with Crippen molar-refractivity contribution in [1.82, 2.24) is 4.90 Å². The number of nitrogens with two attached hydrogens (primary N) is 1. The molecule has 1 aliphatic rings. The average Bonchev–Trinajstić information content (AvgIpc) is 2.30. The Kier molecular flexibility index (Phi) is 3.96. The second-order valence-corrected chi connectivity index (χ2v) is 6.20. The third-order valence-corrected chi connectivity index (χ3v) is 2.90. The Morgan fingerprint density at radius 2 is 1.93 bits per heavy atom. The minimum atomic E-state index is 0.412. The average molecular weight is 198 g/mol. The van der Waals surface area contributed by atoms with Crippen molar-refractivity contribution in [2.75, 3.05) is 20.1 Å². The van der Waals surface area contributed by atoms with Gasteiger partial charge in [-0.3, -0.25) is 0 Å². The van der Waals surface area contributed by atoms with Gasteiger partial charge in [0, 0.05) is 19.1 Å². The summed E-state index contributed by atoms with van der Waals surface area (Å²) in [6.07, 6.45) is 3.79. The lowest BCUT2D eigenvalue weighted by Gasteiger charge is -2.28. The first-order chi connectivity index (χ1) is 6.37. The first-order valence-corrected chi connectivity index (χ1v) is 5.81. The van der Waals surface area contributed by atoms with Gasteiger partial charge in [0.1, 0.15) is 0 Å². The Morgan fingerprint density at radius 3 is 2.36 bits per heavy atom. The molecule has 0 bridgehead atoms. The summed E-state index contributed by atoms with van der Waals surface area (Å²) in [4.78, 5) is 2.46. The summed E-state index contributed by atoms with van der Waals surface area (Å²) in [5.74, 6) is 0.845. The molecule has 14 heavy (non-hydrogen) atoms. The Balaban J connectivity index is 2.24. The van der Waals surface area contributed by atoms with Crippen molar-refractivity contribution in [3.8, 4) is 0 Å². The molecule has 2 atom stereocenters. The molecule has 2 nitrogen and oxygen atoms in total. The summed E-state index contributed by atoms with van der Waals surface area (Å²) in [6.45, 7) is 9.29. The highest BCUT2D eigenvalue weighted by molar-refractivity contribution is 4.80. The molecule has 2 heteroatoms. The monoisotopic (exact) mass is 198 g/mol. The van der Waals surface area contributed by atoms with E-state index in [1.165, 1.54) is 32.4 Å². The van der Waals surface area contributed by atoms with Crippen LogP contribution in [0.15, 0.2) is 0 Å². The van der Waals surface area contributed by atoms with Crippen LogP contribution in [0, 0.1) is 11.3 Å². The van der Waals surface area contributed by atoms with E-state index in [9.17, 15) is 0 Å². The van der Waals surface area contributed by atoms with Crippen molar-refractivity contribution in [2.24, 2.45) is 17.1 Å². The van der Waals surface area contributed by atoms with E-state index in [2.05, 4.69) is 32.7 Å². The lowest BCUT2D eigenvalue weighted by Crippen LogP contribution is -2.33. The topological polar surface area (TPSA) is 29.3 Å². The predicted molar refractivity (Wildman–Crippen MR) is 62.3 cm³/mol. The largest absolute Gasteiger partial charge is 0.328 e. The molecule has 0 heterocycles. The van der Waals surface area contributed by atoms with Crippen molar-refractivity contribution in [1.29, 1.82) is 0 Å². The van der Waals surface area contributed by atoms with Crippen molar-refractivity contribution in [3.63, 3.8) is 0 Å². The number of hydrogen-bond acceptors (Lipinski definition) is 2. The molecule has 0 spiro atoms. The van der Waals surface area contributed by atoms with Crippen LogP contribution >= 0.6 is 0 Å². The maximum Gasteiger partial charge on any atom is 0.00420 e. The Morgan fingerprint density at radius 1 is 1.29 bits per heavy atom. The maximum absolute atomic E-state index is 5.91. The van der Waals surface area contributed by atoms with E-state index in [1.807, 2.05) is 0 Å². The zero-order valence-corrected chi connectivity index (χ0v) is 10.2. The normalized spacial score (nSPS) is 28.7. The van der Waals surface area contributed by atoms with Crippen LogP contribution in [-0.4, -0.2) is 31.1 Å². The first-order valence-electron chi connectivity index (χ1n) is 5.81. The van der Waals surface area contributed by atoms with Crippen LogP contribution in [0.5, 0.6) is 0 Å². The highest BCUT2D eigenvalue weighted by atomic mass is 15.1. The first kappa shape index (κ1) is 12.0. The zero-order chi connectivity index (χ0) is 10.8. The van der Waals surface area contributed by atoms with Crippen molar-refractivity contribution < 1.29 is 0 Å². The number of rotatable bonds is 3. The zero-order valence-electron chi connectivity index (χ0n) is 10.2. The van der Waals surface area contributed by atoms with Crippen molar-refractivity contribution in [2.45, 2.75) is 46.1 Å². The third-order valence-electron chi connectivity index (χ3n) is 2.90. The summed E-state index contributed by atoms with van der Waals surface area (Å²) in [5, 5.41) is 0. The van der Waals surface area contributed by atoms with Gasteiger partial charge in [-0.05, 0) is 37.6 Å². The van der Waals surface area contributed by atoms with E-state index in [-0.39, 0.29) is 0 Å². The van der Waals surface area contributed by atoms with Gasteiger partial charge in [0.15, 0.2) is 0 Å². The lowest BCUT2D eigenvalue weighted by molar-refractivity contribution is 0.200. The third kappa shape index (κ3) is 4.43. The van der Waals surface area contributed by atoms with E-state index in [0.717, 1.165) is 5.92 Å². The minimum Gasteiger partial charge on any atom is -0.328 e. The molecule has 84 valence electrons. The molecule has 0 amide bonds. The fourth-order valence-corrected chi connectivity index (χ4v) is 2.59. The van der Waals surface area contributed by atoms with E-state index in [0.29, 0.717) is 11.5 Å². The molecule has 1 aliphatic carbocycles. The molecular formula is C12H26N2. The van der Waals surface area contributed by atoms with Gasteiger partial charge < -0.3 is 10.6 Å². The minimum absolute atomic E-state index is 0.412. The SMILES string of the molecule is CN(CC1CCC(N)C1)CC(C)(C)C. The van der Waals surface area contributed by atoms with Crippen LogP contribution in [0.1, 0.15) is 40.0 Å². The fraction of sp³-hybridized carbons (Fsp3) is 1.00. The van der Waals surface area contributed by atoms with E-state index in [1.54, 1.807) is 0 Å². The van der Waals surface area contributed by atoms with E-state index < -0.39 is 0 Å². The highest BCUT2D eigenvalue weighted by Gasteiger charge is 2.24. The van der Waals surface area contributed by atoms with Crippen LogP contribution in [-0.2, 0) is 0 Å². The van der Waals surface area contributed by atoms with Gasteiger partial charge >= 0.3 is 0 Å². The van der Waals surface area contributed by atoms with Crippen LogP contribution < -0.4 is 5.73 Å². The Labute approximate surface area is 88.8 Å². The maximum atomic E-state index is 5.91. The van der Waals surface area contributed by atoms with Crippen LogP contribution in [0.3, 0.4) is 0 Å². The molecule has 0 aromatic heterocycles. The van der Waals surface area contributed by atoms with Gasteiger partial charge in [-0.2, -0.15) is 0 Å². The summed E-state index contributed by atoms with van der Waals surface area (Å²) in [6, 6.07) is 0.475. The predicted octanol–water partition coefficient (Wildman–Crippen LogP) is 2.09. The Hall–Kier alpha value is -0.0800. The molecule has 1 fully saturated rings. The molecule has 0 aromatic carbocycles. The Bertz CT molecular complexity index is 172.